The minimum atomic E-state index is -0.353. The van der Waals surface area contributed by atoms with Crippen molar-refractivity contribution in [3.8, 4) is 34.1 Å². The molecular weight excluding hydrogens is 365 g/mol. The summed E-state index contributed by atoms with van der Waals surface area (Å²) in [6, 6.07) is 20.3. The smallest absolute Gasteiger partial charge is 0.133 e. The van der Waals surface area contributed by atoms with Gasteiger partial charge in [0.05, 0.1) is 6.61 Å². The summed E-state index contributed by atoms with van der Waals surface area (Å²) in [7, 11) is 0. The van der Waals surface area contributed by atoms with Gasteiger partial charge in [0.15, 0.2) is 0 Å². The van der Waals surface area contributed by atoms with Crippen LogP contribution in [0.3, 0.4) is 0 Å². The Morgan fingerprint density at radius 3 is 2.04 bits per heavy atom. The van der Waals surface area contributed by atoms with Gasteiger partial charge in [0, 0.05) is 17.9 Å². The van der Waals surface area contributed by atoms with Crippen LogP contribution in [0.4, 0.5) is 4.39 Å². The Hall–Kier alpha value is -3.17. The standard InChI is InChI=1S/C21H16FNO3S/c22-16-3-1-4-19(13-16)26-21-6-2-5-20(14-21)25-18-9-7-17(8-10-18)24-11-12-27-15-23/h1-10,13-14H,11-12H2. The van der Waals surface area contributed by atoms with E-state index in [4.69, 9.17) is 19.5 Å². The van der Waals surface area contributed by atoms with Gasteiger partial charge in [-0.15, -0.1) is 0 Å². The third-order valence-electron chi connectivity index (χ3n) is 3.42. The molecule has 0 atom stereocenters. The van der Waals surface area contributed by atoms with Crippen molar-refractivity contribution in [3.63, 3.8) is 0 Å². The maximum absolute atomic E-state index is 13.3. The molecule has 0 saturated heterocycles. The van der Waals surface area contributed by atoms with Crippen LogP contribution in [-0.4, -0.2) is 12.4 Å². The predicted octanol–water partition coefficient (Wildman–Crippen LogP) is 6.00. The van der Waals surface area contributed by atoms with E-state index in [1.54, 1.807) is 54.6 Å². The van der Waals surface area contributed by atoms with Crippen LogP contribution in [0, 0.1) is 16.5 Å². The van der Waals surface area contributed by atoms with Crippen molar-refractivity contribution >= 4 is 11.8 Å². The molecule has 0 N–H and O–H groups in total. The first kappa shape index (κ1) is 18.6. The summed E-state index contributed by atoms with van der Waals surface area (Å²) in [5.41, 5.74) is 0. The predicted molar refractivity (Wildman–Crippen MR) is 103 cm³/mol. The van der Waals surface area contributed by atoms with Crippen molar-refractivity contribution in [2.45, 2.75) is 0 Å². The molecule has 0 spiro atoms. The number of benzene rings is 3. The summed E-state index contributed by atoms with van der Waals surface area (Å²) >= 11 is 1.16. The van der Waals surface area contributed by atoms with Crippen molar-refractivity contribution in [1.82, 2.24) is 0 Å². The maximum atomic E-state index is 13.3. The number of ether oxygens (including phenoxy) is 3. The highest BCUT2D eigenvalue weighted by molar-refractivity contribution is 8.03. The highest BCUT2D eigenvalue weighted by Gasteiger charge is 2.03. The molecule has 0 aliphatic rings. The molecule has 0 aliphatic carbocycles. The lowest BCUT2D eigenvalue weighted by Crippen LogP contribution is -1.99. The Morgan fingerprint density at radius 1 is 0.778 bits per heavy atom. The number of hydrogen-bond acceptors (Lipinski definition) is 5. The number of hydrogen-bond donors (Lipinski definition) is 0. The van der Waals surface area contributed by atoms with Gasteiger partial charge in [0.2, 0.25) is 0 Å². The van der Waals surface area contributed by atoms with Crippen LogP contribution in [-0.2, 0) is 0 Å². The summed E-state index contributed by atoms with van der Waals surface area (Å²) in [6.45, 7) is 0.470. The number of thioether (sulfide) groups is 1. The Morgan fingerprint density at radius 2 is 1.37 bits per heavy atom. The molecule has 0 fully saturated rings. The normalized spacial score (nSPS) is 10.1. The van der Waals surface area contributed by atoms with E-state index in [1.807, 2.05) is 11.5 Å². The van der Waals surface area contributed by atoms with E-state index >= 15 is 0 Å². The van der Waals surface area contributed by atoms with Crippen molar-refractivity contribution in [2.75, 3.05) is 12.4 Å². The molecule has 0 unspecified atom stereocenters. The molecule has 6 heteroatoms. The average molecular weight is 381 g/mol. The second kappa shape index (κ2) is 9.51. The molecule has 27 heavy (non-hydrogen) atoms. The third-order valence-corrected chi connectivity index (χ3v) is 3.92. The number of nitriles is 1. The van der Waals surface area contributed by atoms with Crippen molar-refractivity contribution in [3.05, 3.63) is 78.6 Å². The van der Waals surface area contributed by atoms with Gasteiger partial charge in [0.1, 0.15) is 40.0 Å². The van der Waals surface area contributed by atoms with E-state index in [0.29, 0.717) is 41.1 Å². The second-order valence-electron chi connectivity index (χ2n) is 5.40. The van der Waals surface area contributed by atoms with Gasteiger partial charge in [-0.1, -0.05) is 12.1 Å². The lowest BCUT2D eigenvalue weighted by Gasteiger charge is -2.10. The summed E-state index contributed by atoms with van der Waals surface area (Å²) in [6.07, 6.45) is 0. The van der Waals surface area contributed by atoms with Gasteiger partial charge >= 0.3 is 0 Å². The zero-order chi connectivity index (χ0) is 18.9. The van der Waals surface area contributed by atoms with E-state index < -0.39 is 0 Å². The fourth-order valence-corrected chi connectivity index (χ4v) is 2.51. The first-order valence-electron chi connectivity index (χ1n) is 8.18. The van der Waals surface area contributed by atoms with Crippen molar-refractivity contribution < 1.29 is 18.6 Å². The van der Waals surface area contributed by atoms with Gasteiger partial charge in [0.25, 0.3) is 0 Å². The molecule has 3 aromatic carbocycles. The first-order chi connectivity index (χ1) is 13.2. The first-order valence-corrected chi connectivity index (χ1v) is 9.16. The van der Waals surface area contributed by atoms with Crippen LogP contribution in [0.25, 0.3) is 0 Å². The van der Waals surface area contributed by atoms with Crippen LogP contribution in [0.15, 0.2) is 72.8 Å². The van der Waals surface area contributed by atoms with E-state index in [1.165, 1.54) is 12.1 Å². The summed E-state index contributed by atoms with van der Waals surface area (Å²) in [5, 5.41) is 10.5. The summed E-state index contributed by atoms with van der Waals surface area (Å²) < 4.78 is 30.3. The SMILES string of the molecule is N#CSCCOc1ccc(Oc2cccc(Oc3cccc(F)c3)c2)cc1. The van der Waals surface area contributed by atoms with E-state index in [-0.39, 0.29) is 5.82 Å². The molecule has 0 radical (unpaired) electrons. The molecular formula is C21H16FNO3S. The van der Waals surface area contributed by atoms with E-state index in [9.17, 15) is 4.39 Å². The largest absolute Gasteiger partial charge is 0.493 e. The van der Waals surface area contributed by atoms with Gasteiger partial charge in [-0.3, -0.25) is 0 Å². The molecule has 0 amide bonds. The molecule has 0 saturated carbocycles. The Bertz CT molecular complexity index is 925. The Labute approximate surface area is 161 Å². The Balaban J connectivity index is 1.60. The third kappa shape index (κ3) is 5.94. The van der Waals surface area contributed by atoms with Crippen LogP contribution in [0.2, 0.25) is 0 Å². The second-order valence-corrected chi connectivity index (χ2v) is 6.28. The summed E-state index contributed by atoms with van der Waals surface area (Å²) in [4.78, 5) is 0. The van der Waals surface area contributed by atoms with E-state index in [0.717, 1.165) is 11.8 Å². The molecule has 3 rings (SSSR count). The quantitative estimate of drug-likeness (QED) is 0.354. The minimum absolute atomic E-state index is 0.353. The highest BCUT2D eigenvalue weighted by atomic mass is 32.2. The molecule has 0 heterocycles. The zero-order valence-electron chi connectivity index (χ0n) is 14.3. The molecule has 0 bridgehead atoms. The van der Waals surface area contributed by atoms with E-state index in [2.05, 4.69) is 0 Å². The van der Waals surface area contributed by atoms with Gasteiger partial charge < -0.3 is 14.2 Å². The zero-order valence-corrected chi connectivity index (χ0v) is 15.1. The van der Waals surface area contributed by atoms with Crippen molar-refractivity contribution in [1.29, 1.82) is 5.26 Å². The fourth-order valence-electron chi connectivity index (χ4n) is 2.25. The highest BCUT2D eigenvalue weighted by Crippen LogP contribution is 2.29. The van der Waals surface area contributed by atoms with Crippen LogP contribution in [0.5, 0.6) is 28.7 Å². The van der Waals surface area contributed by atoms with Crippen molar-refractivity contribution in [2.24, 2.45) is 0 Å². The van der Waals surface area contributed by atoms with Crippen LogP contribution < -0.4 is 14.2 Å². The van der Waals surface area contributed by atoms with Crippen LogP contribution in [0.1, 0.15) is 0 Å². The minimum Gasteiger partial charge on any atom is -0.493 e. The topological polar surface area (TPSA) is 51.5 Å². The molecule has 0 aromatic heterocycles. The molecule has 4 nitrogen and oxygen atoms in total. The number of thiocyanates is 1. The maximum Gasteiger partial charge on any atom is 0.133 e. The lowest BCUT2D eigenvalue weighted by atomic mass is 10.3. The van der Waals surface area contributed by atoms with Gasteiger partial charge in [-0.2, -0.15) is 5.26 Å². The number of nitrogens with zero attached hydrogens (tertiary/aromatic N) is 1. The average Bonchev–Trinajstić information content (AvgIpc) is 2.67. The monoisotopic (exact) mass is 381 g/mol. The number of halogens is 1. The van der Waals surface area contributed by atoms with Gasteiger partial charge in [-0.05, 0) is 60.3 Å². The van der Waals surface area contributed by atoms with Gasteiger partial charge in [-0.25, -0.2) is 4.39 Å². The fraction of sp³-hybridized carbons (Fsp3) is 0.0952. The number of rotatable bonds is 8. The molecule has 136 valence electrons. The summed E-state index contributed by atoms with van der Waals surface area (Å²) in [5.74, 6) is 3.20. The lowest BCUT2D eigenvalue weighted by molar-refractivity contribution is 0.343. The molecule has 3 aromatic rings. The van der Waals surface area contributed by atoms with Crippen LogP contribution >= 0.6 is 11.8 Å². The molecule has 0 aliphatic heterocycles. The Kier molecular flexibility index (Phi) is 6.55.